The quantitative estimate of drug-likeness (QED) is 0.493. The van der Waals surface area contributed by atoms with E-state index in [0.29, 0.717) is 33.4 Å². The third-order valence-electron chi connectivity index (χ3n) is 4.74. The molecule has 0 unspecified atom stereocenters. The number of hydrogen-bond donors (Lipinski definition) is 1. The highest BCUT2D eigenvalue weighted by Gasteiger charge is 2.19. The fourth-order valence-electron chi connectivity index (χ4n) is 3.20. The molecule has 0 aliphatic carbocycles. The van der Waals surface area contributed by atoms with Crippen LogP contribution in [0.4, 0.5) is 5.69 Å². The van der Waals surface area contributed by atoms with Crippen LogP contribution in [0.25, 0.3) is 16.0 Å². The molecule has 1 amide bonds. The zero-order valence-electron chi connectivity index (χ0n) is 16.5. The number of thiophene rings is 1. The van der Waals surface area contributed by atoms with E-state index in [-0.39, 0.29) is 17.9 Å². The van der Waals surface area contributed by atoms with Crippen molar-refractivity contribution in [2.75, 3.05) is 5.32 Å². The van der Waals surface area contributed by atoms with Crippen molar-refractivity contribution in [1.29, 1.82) is 0 Å². The van der Waals surface area contributed by atoms with Gasteiger partial charge in [-0.2, -0.15) is 0 Å². The molecule has 0 radical (unpaired) electrons. The molecule has 3 aromatic heterocycles. The van der Waals surface area contributed by atoms with Gasteiger partial charge in [-0.1, -0.05) is 25.4 Å². The molecule has 8 nitrogen and oxygen atoms in total. The van der Waals surface area contributed by atoms with Crippen molar-refractivity contribution in [3.8, 4) is 0 Å². The summed E-state index contributed by atoms with van der Waals surface area (Å²) in [5.74, 6) is 0.228. The number of anilines is 1. The summed E-state index contributed by atoms with van der Waals surface area (Å²) in [5, 5.41) is 9.38. The molecule has 1 N–H and O–H groups in total. The van der Waals surface area contributed by atoms with Crippen LogP contribution >= 0.6 is 22.9 Å². The Kier molecular flexibility index (Phi) is 5.48. The Bertz CT molecular complexity index is 1350. The maximum absolute atomic E-state index is 13.0. The number of aryl methyl sites for hydroxylation is 1. The Balaban J connectivity index is 1.74. The highest BCUT2D eigenvalue weighted by molar-refractivity contribution is 7.17. The number of amides is 1. The number of benzene rings is 1. The van der Waals surface area contributed by atoms with Crippen molar-refractivity contribution in [3.05, 3.63) is 61.6 Å². The number of fused-ring (bicyclic) bond motifs is 3. The fourth-order valence-corrected chi connectivity index (χ4v) is 4.15. The molecule has 0 saturated carbocycles. The van der Waals surface area contributed by atoms with E-state index in [1.807, 2.05) is 0 Å². The number of carbonyl (C=O) groups excluding carboxylic acids is 1. The lowest BCUT2D eigenvalue weighted by Crippen LogP contribution is -2.29. The summed E-state index contributed by atoms with van der Waals surface area (Å²) in [6.07, 6.45) is 0.768. The number of nitrogens with one attached hydrogen (secondary N) is 1. The molecule has 0 fully saturated rings. The number of hydrogen-bond acceptors (Lipinski definition) is 5. The number of aromatic nitrogens is 4. The Morgan fingerprint density at radius 2 is 1.93 bits per heavy atom. The van der Waals surface area contributed by atoms with E-state index in [0.717, 1.165) is 11.1 Å². The van der Waals surface area contributed by atoms with Gasteiger partial charge in [-0.05, 0) is 48.1 Å². The summed E-state index contributed by atoms with van der Waals surface area (Å²) in [6.45, 7) is 4.31. The first-order valence-electron chi connectivity index (χ1n) is 9.50. The topological polar surface area (TPSA) is 90.4 Å². The molecule has 0 aliphatic heterocycles. The summed E-state index contributed by atoms with van der Waals surface area (Å²) >= 11 is 7.15. The lowest BCUT2D eigenvalue weighted by molar-refractivity contribution is -0.117. The molecule has 1 aromatic carbocycles. The fraction of sp³-hybridized carbons (Fsp3) is 0.300. The van der Waals surface area contributed by atoms with E-state index < -0.39 is 11.6 Å². The molecule has 3 heterocycles. The monoisotopic (exact) mass is 445 g/mol. The summed E-state index contributed by atoms with van der Waals surface area (Å²) in [4.78, 5) is 38.4. The van der Waals surface area contributed by atoms with Gasteiger partial charge in [-0.25, -0.2) is 13.9 Å². The number of nitrogens with zero attached hydrogens (tertiary/aromatic N) is 4. The predicted molar refractivity (Wildman–Crippen MR) is 119 cm³/mol. The Morgan fingerprint density at radius 3 is 2.63 bits per heavy atom. The van der Waals surface area contributed by atoms with Crippen LogP contribution in [0.3, 0.4) is 0 Å². The van der Waals surface area contributed by atoms with Gasteiger partial charge in [-0.15, -0.1) is 16.4 Å². The van der Waals surface area contributed by atoms with E-state index >= 15 is 0 Å². The van der Waals surface area contributed by atoms with Crippen molar-refractivity contribution in [1.82, 2.24) is 18.7 Å². The van der Waals surface area contributed by atoms with Crippen molar-refractivity contribution >= 4 is 50.5 Å². The van der Waals surface area contributed by atoms with Crippen LogP contribution in [0, 0.1) is 5.92 Å². The van der Waals surface area contributed by atoms with E-state index in [2.05, 4.69) is 24.3 Å². The van der Waals surface area contributed by atoms with Crippen LogP contribution in [0.1, 0.15) is 20.3 Å². The maximum atomic E-state index is 13.0. The molecule has 4 rings (SSSR count). The average Bonchev–Trinajstić information content (AvgIpc) is 3.29. The van der Waals surface area contributed by atoms with Crippen LogP contribution < -0.4 is 16.6 Å². The largest absolute Gasteiger partial charge is 0.352 e. The predicted octanol–water partition coefficient (Wildman–Crippen LogP) is 3.21. The Labute approximate surface area is 180 Å². The van der Waals surface area contributed by atoms with Gasteiger partial charge in [0.05, 0.1) is 5.52 Å². The molecule has 0 aliphatic rings. The molecule has 0 bridgehead atoms. The Morgan fingerprint density at radius 1 is 1.20 bits per heavy atom. The van der Waals surface area contributed by atoms with Crippen LogP contribution in [0.5, 0.6) is 0 Å². The van der Waals surface area contributed by atoms with Crippen LogP contribution in [0.2, 0.25) is 5.02 Å². The minimum Gasteiger partial charge on any atom is -0.324 e. The van der Waals surface area contributed by atoms with Gasteiger partial charge in [0.15, 0.2) is 0 Å². The van der Waals surface area contributed by atoms with Crippen molar-refractivity contribution in [3.63, 3.8) is 0 Å². The van der Waals surface area contributed by atoms with E-state index in [4.69, 9.17) is 11.6 Å². The van der Waals surface area contributed by atoms with Crippen LogP contribution in [-0.4, -0.2) is 24.7 Å². The van der Waals surface area contributed by atoms with Crippen LogP contribution in [0.15, 0.2) is 45.3 Å². The third kappa shape index (κ3) is 3.78. The molecule has 0 spiro atoms. The van der Waals surface area contributed by atoms with Crippen molar-refractivity contribution < 1.29 is 4.79 Å². The van der Waals surface area contributed by atoms with Crippen molar-refractivity contribution in [2.45, 2.75) is 33.4 Å². The zero-order chi connectivity index (χ0) is 21.4. The molecule has 0 atom stereocenters. The summed E-state index contributed by atoms with van der Waals surface area (Å²) in [7, 11) is 0. The molecule has 10 heteroatoms. The van der Waals surface area contributed by atoms with E-state index in [1.54, 1.807) is 35.7 Å². The number of carbonyl (C=O) groups is 1. The number of halogens is 1. The second-order valence-corrected chi connectivity index (χ2v) is 8.76. The molecule has 30 heavy (non-hydrogen) atoms. The SMILES string of the molecule is CC(C)CCn1c(=O)c2sccc2n2c(=O)n(CC(=O)Nc3ccc(Cl)cc3)nc12. The van der Waals surface area contributed by atoms with Gasteiger partial charge < -0.3 is 5.32 Å². The van der Waals surface area contributed by atoms with Gasteiger partial charge in [0.2, 0.25) is 11.7 Å². The lowest BCUT2D eigenvalue weighted by Gasteiger charge is -2.09. The lowest BCUT2D eigenvalue weighted by atomic mass is 10.1. The second kappa shape index (κ2) is 8.08. The van der Waals surface area contributed by atoms with E-state index in [1.165, 1.54) is 20.3 Å². The Hall–Kier alpha value is -2.91. The molecule has 156 valence electrons. The van der Waals surface area contributed by atoms with Gasteiger partial charge >= 0.3 is 5.69 Å². The van der Waals surface area contributed by atoms with Gasteiger partial charge in [-0.3, -0.25) is 14.2 Å². The van der Waals surface area contributed by atoms with Gasteiger partial charge in [0.25, 0.3) is 5.56 Å². The smallest absolute Gasteiger partial charge is 0.324 e. The van der Waals surface area contributed by atoms with Gasteiger partial charge in [0, 0.05) is 17.3 Å². The number of rotatable bonds is 6. The van der Waals surface area contributed by atoms with Gasteiger partial charge in [0.1, 0.15) is 11.2 Å². The standard InChI is InChI=1S/C20H20ClN5O3S/c1-12(2)7-9-24-18(28)17-15(8-10-30-17)26-19(24)23-25(20(26)29)11-16(27)22-14-5-3-13(21)4-6-14/h3-6,8,10,12H,7,9,11H2,1-2H3,(H,22,27). The summed E-state index contributed by atoms with van der Waals surface area (Å²) in [5.41, 5.74) is 0.444. The molecular formula is C20H20ClN5O3S. The zero-order valence-corrected chi connectivity index (χ0v) is 18.0. The first kappa shape index (κ1) is 20.4. The highest BCUT2D eigenvalue weighted by atomic mass is 35.5. The normalized spacial score (nSPS) is 11.6. The molecule has 0 saturated heterocycles. The summed E-state index contributed by atoms with van der Waals surface area (Å²) < 4.78 is 4.51. The molecule has 4 aromatic rings. The van der Waals surface area contributed by atoms with Crippen molar-refractivity contribution in [2.24, 2.45) is 5.92 Å². The highest BCUT2D eigenvalue weighted by Crippen LogP contribution is 2.18. The third-order valence-corrected chi connectivity index (χ3v) is 5.88. The first-order chi connectivity index (χ1) is 14.3. The second-order valence-electron chi connectivity index (χ2n) is 7.40. The summed E-state index contributed by atoms with van der Waals surface area (Å²) in [6, 6.07) is 8.39. The maximum Gasteiger partial charge on any atom is 0.352 e. The minimum atomic E-state index is -0.460. The minimum absolute atomic E-state index is 0.170. The van der Waals surface area contributed by atoms with E-state index in [9.17, 15) is 14.4 Å². The first-order valence-corrected chi connectivity index (χ1v) is 10.8. The average molecular weight is 446 g/mol. The van der Waals surface area contributed by atoms with Crippen LogP contribution in [-0.2, 0) is 17.9 Å². The molecular weight excluding hydrogens is 426 g/mol.